The van der Waals surface area contributed by atoms with Gasteiger partial charge in [-0.3, -0.25) is 14.9 Å². The van der Waals surface area contributed by atoms with Crippen LogP contribution in [-0.4, -0.2) is 55.3 Å². The Morgan fingerprint density at radius 1 is 1.38 bits per heavy atom. The maximum Gasteiger partial charge on any atom is 0.0726 e. The molecular formula is C11H20N4O. The van der Waals surface area contributed by atoms with E-state index in [1.165, 1.54) is 0 Å². The molecule has 0 radical (unpaired) electrons. The van der Waals surface area contributed by atoms with Gasteiger partial charge in [0.15, 0.2) is 0 Å². The molecule has 0 aliphatic rings. The minimum atomic E-state index is 0.758. The Labute approximate surface area is 96.8 Å². The van der Waals surface area contributed by atoms with Gasteiger partial charge in [0.1, 0.15) is 0 Å². The van der Waals surface area contributed by atoms with E-state index in [4.69, 9.17) is 4.74 Å². The molecule has 1 N–H and O–H groups in total. The molecule has 0 saturated carbocycles. The highest BCUT2D eigenvalue weighted by atomic mass is 16.5. The highest BCUT2D eigenvalue weighted by molar-refractivity contribution is 4.93. The molecule has 90 valence electrons. The molecule has 0 aromatic carbocycles. The Kier molecular flexibility index (Phi) is 6.64. The third-order valence-corrected chi connectivity index (χ3v) is 2.20. The topological polar surface area (TPSA) is 50.3 Å². The van der Waals surface area contributed by atoms with Gasteiger partial charge in [0.2, 0.25) is 0 Å². The normalized spacial score (nSPS) is 10.9. The van der Waals surface area contributed by atoms with Crippen molar-refractivity contribution in [1.82, 2.24) is 20.2 Å². The second-order valence-corrected chi connectivity index (χ2v) is 3.68. The molecule has 0 aliphatic heterocycles. The lowest BCUT2D eigenvalue weighted by Crippen LogP contribution is -2.30. The highest BCUT2D eigenvalue weighted by Gasteiger charge is 2.00. The zero-order valence-electron chi connectivity index (χ0n) is 10.0. The Morgan fingerprint density at radius 2 is 2.25 bits per heavy atom. The molecule has 1 rings (SSSR count). The van der Waals surface area contributed by atoms with E-state index >= 15 is 0 Å². The molecule has 0 spiro atoms. The van der Waals surface area contributed by atoms with Crippen LogP contribution in [0.3, 0.4) is 0 Å². The summed E-state index contributed by atoms with van der Waals surface area (Å²) < 4.78 is 4.95. The molecule has 0 unspecified atom stereocenters. The van der Waals surface area contributed by atoms with Crippen molar-refractivity contribution in [2.75, 3.05) is 40.4 Å². The van der Waals surface area contributed by atoms with Gasteiger partial charge in [0.05, 0.1) is 12.3 Å². The van der Waals surface area contributed by atoms with Crippen LogP contribution in [0.4, 0.5) is 0 Å². The molecular weight excluding hydrogens is 204 g/mol. The summed E-state index contributed by atoms with van der Waals surface area (Å²) in [6.07, 6.45) is 5.21. The van der Waals surface area contributed by atoms with Crippen LogP contribution >= 0.6 is 0 Å². The van der Waals surface area contributed by atoms with E-state index in [2.05, 4.69) is 27.2 Å². The Bertz CT molecular complexity index is 268. The number of hydrogen-bond acceptors (Lipinski definition) is 5. The summed E-state index contributed by atoms with van der Waals surface area (Å²) in [4.78, 5) is 10.5. The zero-order valence-corrected chi connectivity index (χ0v) is 10.0. The van der Waals surface area contributed by atoms with E-state index in [0.29, 0.717) is 0 Å². The number of ether oxygens (including phenoxy) is 1. The summed E-state index contributed by atoms with van der Waals surface area (Å²) in [5, 5.41) is 3.30. The van der Waals surface area contributed by atoms with Crippen LogP contribution < -0.4 is 5.32 Å². The van der Waals surface area contributed by atoms with Gasteiger partial charge in [-0.2, -0.15) is 0 Å². The first kappa shape index (κ1) is 13.0. The summed E-state index contributed by atoms with van der Waals surface area (Å²) in [6.45, 7) is 4.43. The summed E-state index contributed by atoms with van der Waals surface area (Å²) >= 11 is 0. The molecule has 0 amide bonds. The molecule has 5 heteroatoms. The van der Waals surface area contributed by atoms with E-state index in [1.807, 2.05) is 0 Å². The monoisotopic (exact) mass is 224 g/mol. The van der Waals surface area contributed by atoms with Crippen molar-refractivity contribution in [3.8, 4) is 0 Å². The molecule has 5 nitrogen and oxygen atoms in total. The Balaban J connectivity index is 2.09. The molecule has 1 aromatic heterocycles. The van der Waals surface area contributed by atoms with E-state index in [-0.39, 0.29) is 0 Å². The van der Waals surface area contributed by atoms with Crippen molar-refractivity contribution >= 4 is 0 Å². The molecule has 0 atom stereocenters. The maximum absolute atomic E-state index is 4.95. The van der Waals surface area contributed by atoms with Crippen LogP contribution in [0.15, 0.2) is 18.6 Å². The fourth-order valence-corrected chi connectivity index (χ4v) is 1.34. The summed E-state index contributed by atoms with van der Waals surface area (Å²) in [5.74, 6) is 0. The number of nitrogens with one attached hydrogen (secondary N) is 1. The standard InChI is InChI=1S/C11H20N4O/c1-15(7-5-12-6-8-16-2)10-11-9-13-3-4-14-11/h3-4,9,12H,5-8,10H2,1-2H3. The molecule has 0 fully saturated rings. The number of methoxy groups -OCH3 is 1. The van der Waals surface area contributed by atoms with Crippen molar-refractivity contribution in [1.29, 1.82) is 0 Å². The van der Waals surface area contributed by atoms with Crippen LogP contribution in [0.1, 0.15) is 5.69 Å². The van der Waals surface area contributed by atoms with Crippen LogP contribution in [0.5, 0.6) is 0 Å². The van der Waals surface area contributed by atoms with Gasteiger partial charge in [-0.1, -0.05) is 0 Å². The summed E-state index contributed by atoms with van der Waals surface area (Å²) in [5.41, 5.74) is 1.00. The number of hydrogen-bond donors (Lipinski definition) is 1. The zero-order chi connectivity index (χ0) is 11.6. The quantitative estimate of drug-likeness (QED) is 0.637. The van der Waals surface area contributed by atoms with Crippen LogP contribution in [0.2, 0.25) is 0 Å². The average Bonchev–Trinajstić information content (AvgIpc) is 2.30. The predicted octanol–water partition coefficient (Wildman–Crippen LogP) is 0.144. The number of rotatable bonds is 8. The second-order valence-electron chi connectivity index (χ2n) is 3.68. The smallest absolute Gasteiger partial charge is 0.0726 e. The minimum Gasteiger partial charge on any atom is -0.383 e. The van der Waals surface area contributed by atoms with Crippen molar-refractivity contribution in [2.24, 2.45) is 0 Å². The summed E-state index contributed by atoms with van der Waals surface area (Å²) in [6, 6.07) is 0. The van der Waals surface area contributed by atoms with Gasteiger partial charge in [-0.15, -0.1) is 0 Å². The minimum absolute atomic E-state index is 0.758. The van der Waals surface area contributed by atoms with Gasteiger partial charge < -0.3 is 10.1 Å². The second kappa shape index (κ2) is 8.15. The van der Waals surface area contributed by atoms with E-state index in [0.717, 1.165) is 38.5 Å². The van der Waals surface area contributed by atoms with Gasteiger partial charge in [-0.25, -0.2) is 0 Å². The maximum atomic E-state index is 4.95. The molecule has 0 saturated heterocycles. The van der Waals surface area contributed by atoms with Crippen molar-refractivity contribution in [3.05, 3.63) is 24.3 Å². The number of aromatic nitrogens is 2. The number of likely N-dealkylation sites (N-methyl/N-ethyl adjacent to an activating group) is 1. The van der Waals surface area contributed by atoms with E-state index in [9.17, 15) is 0 Å². The first-order valence-corrected chi connectivity index (χ1v) is 5.46. The Hall–Kier alpha value is -1.04. The SMILES string of the molecule is COCCNCCN(C)Cc1cnccn1. The van der Waals surface area contributed by atoms with E-state index in [1.54, 1.807) is 25.7 Å². The first-order chi connectivity index (χ1) is 7.83. The van der Waals surface area contributed by atoms with Crippen molar-refractivity contribution in [3.63, 3.8) is 0 Å². The van der Waals surface area contributed by atoms with Gasteiger partial charge in [-0.05, 0) is 7.05 Å². The van der Waals surface area contributed by atoms with Crippen molar-refractivity contribution in [2.45, 2.75) is 6.54 Å². The highest BCUT2D eigenvalue weighted by Crippen LogP contribution is 1.95. The van der Waals surface area contributed by atoms with Crippen LogP contribution in [0, 0.1) is 0 Å². The van der Waals surface area contributed by atoms with Crippen molar-refractivity contribution < 1.29 is 4.74 Å². The molecule has 0 bridgehead atoms. The average molecular weight is 224 g/mol. The summed E-state index contributed by atoms with van der Waals surface area (Å²) in [7, 11) is 3.79. The third kappa shape index (κ3) is 5.75. The lowest BCUT2D eigenvalue weighted by Gasteiger charge is -2.15. The fraction of sp³-hybridized carbons (Fsp3) is 0.636. The van der Waals surface area contributed by atoms with Gasteiger partial charge in [0, 0.05) is 51.9 Å². The Morgan fingerprint density at radius 3 is 2.94 bits per heavy atom. The molecule has 1 heterocycles. The van der Waals surface area contributed by atoms with Gasteiger partial charge in [0.25, 0.3) is 0 Å². The molecule has 0 aliphatic carbocycles. The van der Waals surface area contributed by atoms with Gasteiger partial charge >= 0.3 is 0 Å². The first-order valence-electron chi connectivity index (χ1n) is 5.46. The van der Waals surface area contributed by atoms with E-state index < -0.39 is 0 Å². The predicted molar refractivity (Wildman–Crippen MR) is 63.1 cm³/mol. The lowest BCUT2D eigenvalue weighted by atomic mass is 10.4. The largest absolute Gasteiger partial charge is 0.383 e. The fourth-order valence-electron chi connectivity index (χ4n) is 1.34. The van der Waals surface area contributed by atoms with Crippen LogP contribution in [-0.2, 0) is 11.3 Å². The molecule has 16 heavy (non-hydrogen) atoms. The third-order valence-electron chi connectivity index (χ3n) is 2.20. The molecule has 1 aromatic rings. The lowest BCUT2D eigenvalue weighted by molar-refractivity contribution is 0.197. The number of nitrogens with zero attached hydrogens (tertiary/aromatic N) is 3. The van der Waals surface area contributed by atoms with Crippen LogP contribution in [0.25, 0.3) is 0 Å².